The second kappa shape index (κ2) is 6.30. The van der Waals surface area contributed by atoms with E-state index in [0.29, 0.717) is 12.0 Å². The van der Waals surface area contributed by atoms with E-state index in [0.717, 1.165) is 0 Å². The molecular formula is C10H15ClN2O3. The molecule has 0 radical (unpaired) electrons. The van der Waals surface area contributed by atoms with E-state index in [2.05, 4.69) is 5.32 Å². The molecule has 16 heavy (non-hydrogen) atoms. The second-order valence-corrected chi connectivity index (χ2v) is 3.46. The Morgan fingerprint density at radius 3 is 2.75 bits per heavy atom. The molecule has 0 saturated carbocycles. The molecule has 0 aromatic heterocycles. The lowest BCUT2D eigenvalue weighted by atomic mass is 10.0. The maximum atomic E-state index is 11.5. The van der Waals surface area contributed by atoms with Gasteiger partial charge in [-0.2, -0.15) is 0 Å². The Bertz CT molecular complexity index is 339. The predicted octanol–water partition coefficient (Wildman–Crippen LogP) is 0.211. The van der Waals surface area contributed by atoms with Gasteiger partial charge < -0.3 is 16.2 Å². The number of carbonyl (C=O) groups excluding carboxylic acids is 1. The van der Waals surface area contributed by atoms with Crippen LogP contribution >= 0.6 is 12.4 Å². The van der Waals surface area contributed by atoms with E-state index in [9.17, 15) is 9.59 Å². The minimum absolute atomic E-state index is 0. The lowest BCUT2D eigenvalue weighted by Gasteiger charge is -2.14. The molecule has 0 heterocycles. The first-order valence-corrected chi connectivity index (χ1v) is 4.68. The summed E-state index contributed by atoms with van der Waals surface area (Å²) < 4.78 is 0. The molecule has 2 atom stereocenters. The van der Waals surface area contributed by atoms with Crippen LogP contribution in [0.1, 0.15) is 13.3 Å². The highest BCUT2D eigenvalue weighted by atomic mass is 35.5. The maximum Gasteiger partial charge on any atom is 0.325 e. The molecule has 2 unspecified atom stereocenters. The number of nitrogens with one attached hydrogen (secondary N) is 1. The van der Waals surface area contributed by atoms with Gasteiger partial charge in [0, 0.05) is 11.6 Å². The number of aliphatic carboxylic acids is 1. The Labute approximate surface area is 99.8 Å². The predicted molar refractivity (Wildman–Crippen MR) is 62.3 cm³/mol. The van der Waals surface area contributed by atoms with Gasteiger partial charge in [0.25, 0.3) is 5.91 Å². The molecule has 1 amide bonds. The first-order chi connectivity index (χ1) is 7.00. The summed E-state index contributed by atoms with van der Waals surface area (Å²) in [5, 5.41) is 11.0. The van der Waals surface area contributed by atoms with Crippen LogP contribution in [0.15, 0.2) is 23.8 Å². The first-order valence-electron chi connectivity index (χ1n) is 4.68. The number of halogens is 1. The van der Waals surface area contributed by atoms with Gasteiger partial charge in [-0.3, -0.25) is 9.59 Å². The van der Waals surface area contributed by atoms with Gasteiger partial charge in [0.15, 0.2) is 0 Å². The molecule has 0 aromatic rings. The van der Waals surface area contributed by atoms with Crippen molar-refractivity contribution in [2.75, 3.05) is 0 Å². The van der Waals surface area contributed by atoms with Gasteiger partial charge in [-0.1, -0.05) is 18.2 Å². The molecule has 1 rings (SSSR count). The fourth-order valence-corrected chi connectivity index (χ4v) is 1.20. The smallest absolute Gasteiger partial charge is 0.325 e. The Hall–Kier alpha value is -1.33. The van der Waals surface area contributed by atoms with Crippen LogP contribution in [0.25, 0.3) is 0 Å². The van der Waals surface area contributed by atoms with Crippen molar-refractivity contribution in [1.29, 1.82) is 0 Å². The minimum atomic E-state index is -1.06. The highest BCUT2D eigenvalue weighted by Gasteiger charge is 2.17. The van der Waals surface area contributed by atoms with E-state index in [1.54, 1.807) is 18.2 Å². The van der Waals surface area contributed by atoms with Crippen molar-refractivity contribution in [3.05, 3.63) is 23.8 Å². The standard InChI is InChI=1S/C10H14N2O3.ClH/c1-6(10(14)15)12-9(13)7-3-2-4-8(11)5-7;/h2-3,5-6,8H,4,11H2,1H3,(H,12,13)(H,14,15);1H. The fourth-order valence-electron chi connectivity index (χ4n) is 1.20. The number of nitrogens with two attached hydrogens (primary N) is 1. The SMILES string of the molecule is CC(NC(=O)C1=CC(N)CC=C1)C(=O)O.Cl. The third-order valence-electron chi connectivity index (χ3n) is 2.08. The molecule has 0 saturated heterocycles. The summed E-state index contributed by atoms with van der Waals surface area (Å²) >= 11 is 0. The molecule has 5 nitrogen and oxygen atoms in total. The zero-order chi connectivity index (χ0) is 11.4. The van der Waals surface area contributed by atoms with Crippen LogP contribution in [-0.4, -0.2) is 29.1 Å². The summed E-state index contributed by atoms with van der Waals surface area (Å²) in [6.45, 7) is 1.41. The molecule has 0 bridgehead atoms. The molecular weight excluding hydrogens is 232 g/mol. The fraction of sp³-hybridized carbons (Fsp3) is 0.400. The lowest BCUT2D eigenvalue weighted by Crippen LogP contribution is -2.39. The quantitative estimate of drug-likeness (QED) is 0.664. The number of hydrogen-bond donors (Lipinski definition) is 3. The molecule has 4 N–H and O–H groups in total. The van der Waals surface area contributed by atoms with Crippen LogP contribution in [0.4, 0.5) is 0 Å². The van der Waals surface area contributed by atoms with Crippen molar-refractivity contribution < 1.29 is 14.7 Å². The summed E-state index contributed by atoms with van der Waals surface area (Å²) in [6.07, 6.45) is 5.77. The van der Waals surface area contributed by atoms with Crippen LogP contribution in [0, 0.1) is 0 Å². The van der Waals surface area contributed by atoms with Crippen molar-refractivity contribution in [2.24, 2.45) is 5.73 Å². The zero-order valence-corrected chi connectivity index (χ0v) is 9.66. The normalized spacial score (nSPS) is 20.4. The molecule has 0 aromatic carbocycles. The van der Waals surface area contributed by atoms with Gasteiger partial charge in [0.1, 0.15) is 6.04 Å². The van der Waals surface area contributed by atoms with Gasteiger partial charge in [-0.15, -0.1) is 12.4 Å². The summed E-state index contributed by atoms with van der Waals surface area (Å²) in [6, 6.07) is -1.07. The lowest BCUT2D eigenvalue weighted by molar-refractivity contribution is -0.140. The van der Waals surface area contributed by atoms with E-state index in [1.807, 2.05) is 0 Å². The zero-order valence-electron chi connectivity index (χ0n) is 8.84. The highest BCUT2D eigenvalue weighted by molar-refractivity contribution is 5.98. The summed E-state index contributed by atoms with van der Waals surface area (Å²) in [7, 11) is 0. The van der Waals surface area contributed by atoms with Crippen LogP contribution in [0.3, 0.4) is 0 Å². The first kappa shape index (κ1) is 14.7. The number of carboxylic acid groups (broad SMARTS) is 1. The molecule has 0 fully saturated rings. The number of amides is 1. The average Bonchev–Trinajstić information content (AvgIpc) is 2.17. The molecule has 0 spiro atoms. The van der Waals surface area contributed by atoms with E-state index >= 15 is 0 Å². The topological polar surface area (TPSA) is 92.4 Å². The summed E-state index contributed by atoms with van der Waals surface area (Å²) in [4.78, 5) is 22.0. The van der Waals surface area contributed by atoms with E-state index < -0.39 is 17.9 Å². The summed E-state index contributed by atoms with van der Waals surface area (Å²) in [5.74, 6) is -1.47. The molecule has 90 valence electrons. The Morgan fingerprint density at radius 1 is 1.62 bits per heavy atom. The van der Waals surface area contributed by atoms with Crippen molar-refractivity contribution in [3.63, 3.8) is 0 Å². The Morgan fingerprint density at radius 2 is 2.25 bits per heavy atom. The summed E-state index contributed by atoms with van der Waals surface area (Å²) in [5.41, 5.74) is 6.05. The van der Waals surface area contributed by atoms with Gasteiger partial charge in [0.05, 0.1) is 0 Å². The molecule has 0 aliphatic heterocycles. The average molecular weight is 247 g/mol. The second-order valence-electron chi connectivity index (χ2n) is 3.46. The third kappa shape index (κ3) is 4.04. The third-order valence-corrected chi connectivity index (χ3v) is 2.08. The van der Waals surface area contributed by atoms with Gasteiger partial charge in [0.2, 0.25) is 0 Å². The van der Waals surface area contributed by atoms with E-state index in [-0.39, 0.29) is 18.4 Å². The molecule has 6 heteroatoms. The van der Waals surface area contributed by atoms with Crippen LogP contribution in [0.5, 0.6) is 0 Å². The van der Waals surface area contributed by atoms with Gasteiger partial charge in [-0.25, -0.2) is 0 Å². The van der Waals surface area contributed by atoms with Crippen LogP contribution in [0.2, 0.25) is 0 Å². The van der Waals surface area contributed by atoms with Crippen molar-refractivity contribution >= 4 is 24.3 Å². The van der Waals surface area contributed by atoms with Crippen molar-refractivity contribution in [1.82, 2.24) is 5.32 Å². The van der Waals surface area contributed by atoms with E-state index in [1.165, 1.54) is 6.92 Å². The van der Waals surface area contributed by atoms with Crippen molar-refractivity contribution in [2.45, 2.75) is 25.4 Å². The van der Waals surface area contributed by atoms with Crippen LogP contribution in [-0.2, 0) is 9.59 Å². The van der Waals surface area contributed by atoms with Crippen LogP contribution < -0.4 is 11.1 Å². The minimum Gasteiger partial charge on any atom is -0.480 e. The monoisotopic (exact) mass is 246 g/mol. The molecule has 1 aliphatic rings. The van der Waals surface area contributed by atoms with Gasteiger partial charge in [-0.05, 0) is 13.3 Å². The molecule has 1 aliphatic carbocycles. The number of hydrogen-bond acceptors (Lipinski definition) is 3. The number of rotatable bonds is 3. The van der Waals surface area contributed by atoms with Crippen molar-refractivity contribution in [3.8, 4) is 0 Å². The Balaban J connectivity index is 0.00000225. The number of carboxylic acids is 1. The van der Waals surface area contributed by atoms with Gasteiger partial charge >= 0.3 is 5.97 Å². The Kier molecular flexibility index (Phi) is 5.77. The maximum absolute atomic E-state index is 11.5. The number of carbonyl (C=O) groups is 2. The largest absolute Gasteiger partial charge is 0.480 e. The highest BCUT2D eigenvalue weighted by Crippen LogP contribution is 2.09. The van der Waals surface area contributed by atoms with E-state index in [4.69, 9.17) is 10.8 Å².